The van der Waals surface area contributed by atoms with Crippen molar-refractivity contribution in [3.8, 4) is 28.1 Å². The Morgan fingerprint density at radius 2 is 1.70 bits per heavy atom. The lowest BCUT2D eigenvalue weighted by Gasteiger charge is -2.34. The lowest BCUT2D eigenvalue weighted by atomic mass is 9.90. The number of alkyl carbamates (subject to hydrolysis) is 2. The van der Waals surface area contributed by atoms with Crippen LogP contribution in [0.3, 0.4) is 0 Å². The fourth-order valence-corrected chi connectivity index (χ4v) is 10.7. The van der Waals surface area contributed by atoms with E-state index in [1.807, 2.05) is 29.8 Å². The van der Waals surface area contributed by atoms with E-state index in [9.17, 15) is 19.2 Å². The first-order valence-electron chi connectivity index (χ1n) is 22.8. The first-order valence-corrected chi connectivity index (χ1v) is 22.8. The number of nitrogens with zero attached hydrogens (tertiary/aromatic N) is 4. The molecule has 4 amide bonds. The predicted octanol–water partition coefficient (Wildman–Crippen LogP) is 7.63. The first-order chi connectivity index (χ1) is 31.0. The molecule has 0 spiro atoms. The largest absolute Gasteiger partial charge is 0.488 e. The third-order valence-corrected chi connectivity index (χ3v) is 14.1. The molecule has 3 N–H and O–H groups in total. The molecule has 6 atom stereocenters. The highest BCUT2D eigenvalue weighted by molar-refractivity contribution is 6.06. The molecular formula is C49H59N7O8. The van der Waals surface area contributed by atoms with Crippen molar-refractivity contribution in [2.24, 2.45) is 22.7 Å². The van der Waals surface area contributed by atoms with Gasteiger partial charge in [-0.05, 0) is 114 Å². The molecule has 64 heavy (non-hydrogen) atoms. The van der Waals surface area contributed by atoms with Gasteiger partial charge in [-0.1, -0.05) is 45.9 Å². The number of rotatable bonds is 10. The monoisotopic (exact) mass is 873 g/mol. The van der Waals surface area contributed by atoms with E-state index in [4.69, 9.17) is 28.9 Å². The van der Waals surface area contributed by atoms with Crippen LogP contribution < -0.4 is 15.4 Å². The molecule has 5 aliphatic rings. The standard InChI is InChI=1S/C49H59N7O8/c1-7-32-10-13-40(56(32)47(58)43(26(2)3)53-48(59)61-5)45-50-23-39(52-45)30-8-11-33-31(19-30)25-64-42-22-34-29(20-36(33)42)9-12-37-35(34)21-38(51-37)41-18-27(4)24-55(41)46(57)44(54-49(60)62-6)28-14-16-63-17-15-28/h8-9,11-12,19-20,22-23,26-28,32,40-41,43-44H,7,10,13-18,21,24-25H2,1-6H3,(H,50,52)(H,53,59)(H,54,60)/t27-,32-,40-,41-,43-,44-/m0/s1. The maximum absolute atomic E-state index is 14.4. The number of likely N-dealkylation sites (tertiary alicyclic amines) is 2. The minimum Gasteiger partial charge on any atom is -0.488 e. The molecule has 15 heteroatoms. The van der Waals surface area contributed by atoms with Gasteiger partial charge in [0.25, 0.3) is 0 Å². The van der Waals surface area contributed by atoms with Crippen LogP contribution in [0.25, 0.3) is 33.2 Å². The second-order valence-corrected chi connectivity index (χ2v) is 18.4. The highest BCUT2D eigenvalue weighted by Crippen LogP contribution is 2.45. The van der Waals surface area contributed by atoms with E-state index < -0.39 is 24.3 Å². The number of carbonyl (C=O) groups is 4. The molecular weight excluding hydrogens is 815 g/mol. The fourth-order valence-electron chi connectivity index (χ4n) is 10.7. The summed E-state index contributed by atoms with van der Waals surface area (Å²) in [6.45, 7) is 10.2. The number of benzene rings is 3. The zero-order chi connectivity index (χ0) is 44.8. The molecule has 0 bridgehead atoms. The van der Waals surface area contributed by atoms with Crippen molar-refractivity contribution < 1.29 is 38.1 Å². The maximum Gasteiger partial charge on any atom is 0.407 e. The minimum absolute atomic E-state index is 0.0342. The van der Waals surface area contributed by atoms with Crippen molar-refractivity contribution >= 4 is 46.2 Å². The van der Waals surface area contributed by atoms with E-state index in [0.29, 0.717) is 45.6 Å². The number of H-pyrrole nitrogens is 1. The third-order valence-electron chi connectivity index (χ3n) is 14.1. The summed E-state index contributed by atoms with van der Waals surface area (Å²) in [5, 5.41) is 7.80. The van der Waals surface area contributed by atoms with Crippen molar-refractivity contribution in [3.05, 3.63) is 65.6 Å². The maximum atomic E-state index is 14.4. The summed E-state index contributed by atoms with van der Waals surface area (Å²) in [4.78, 5) is 70.4. The first kappa shape index (κ1) is 43.3. The van der Waals surface area contributed by atoms with Crippen molar-refractivity contribution in [1.29, 1.82) is 0 Å². The summed E-state index contributed by atoms with van der Waals surface area (Å²) in [6.07, 6.45) is 5.84. The lowest BCUT2D eigenvalue weighted by molar-refractivity contribution is -0.138. The Bertz CT molecular complexity index is 2490. The quantitative estimate of drug-likeness (QED) is 0.145. The molecule has 0 saturated carbocycles. The lowest BCUT2D eigenvalue weighted by Crippen LogP contribution is -2.55. The van der Waals surface area contributed by atoms with Crippen LogP contribution in [-0.4, -0.2) is 108 Å². The van der Waals surface area contributed by atoms with Gasteiger partial charge in [-0.3, -0.25) is 14.6 Å². The zero-order valence-electron chi connectivity index (χ0n) is 37.6. The highest BCUT2D eigenvalue weighted by atomic mass is 16.5. The molecule has 0 aliphatic carbocycles. The van der Waals surface area contributed by atoms with Gasteiger partial charge in [0.1, 0.15) is 30.3 Å². The molecule has 15 nitrogen and oxygen atoms in total. The molecule has 9 rings (SSSR count). The van der Waals surface area contributed by atoms with Crippen LogP contribution in [0, 0.1) is 17.8 Å². The molecule has 5 aliphatic heterocycles. The summed E-state index contributed by atoms with van der Waals surface area (Å²) >= 11 is 0. The molecule has 3 fully saturated rings. The third kappa shape index (κ3) is 8.07. The SMILES string of the molecule is CC[C@H]1CC[C@@H](c2ncc(-c3ccc4c(c3)COc3cc5c6c(ccc5cc3-4)N=C([C@@H]3C[C@H](C)CN3C(=O)[C@@H](NC(=O)OC)C3CCOCC3)C6)[nH]2)N1C(=O)[C@@H](NC(=O)OC)C(C)C. The number of carbonyl (C=O) groups excluding carboxylic acids is 4. The number of ether oxygens (including phenoxy) is 4. The summed E-state index contributed by atoms with van der Waals surface area (Å²) in [7, 11) is 2.62. The van der Waals surface area contributed by atoms with Gasteiger partial charge in [-0.15, -0.1) is 0 Å². The van der Waals surface area contributed by atoms with E-state index in [1.165, 1.54) is 14.2 Å². The zero-order valence-corrected chi connectivity index (χ0v) is 37.6. The van der Waals surface area contributed by atoms with Crippen LogP contribution in [0.1, 0.15) is 89.2 Å². The number of hydrogen-bond donors (Lipinski definition) is 3. The molecule has 6 heterocycles. The average molecular weight is 874 g/mol. The number of fused-ring (bicyclic) bond motifs is 6. The smallest absolute Gasteiger partial charge is 0.407 e. The summed E-state index contributed by atoms with van der Waals surface area (Å²) in [5.74, 6) is 1.44. The topological polar surface area (TPSA) is 177 Å². The Morgan fingerprint density at radius 3 is 2.45 bits per heavy atom. The number of amides is 4. The van der Waals surface area contributed by atoms with Crippen molar-refractivity contribution in [1.82, 2.24) is 30.4 Å². The van der Waals surface area contributed by atoms with Gasteiger partial charge < -0.3 is 44.4 Å². The molecule has 0 radical (unpaired) electrons. The number of nitrogens with one attached hydrogen (secondary N) is 3. The average Bonchev–Trinajstić information content (AvgIpc) is 4.14. The van der Waals surface area contributed by atoms with Gasteiger partial charge in [-0.25, -0.2) is 14.6 Å². The Morgan fingerprint density at radius 1 is 0.922 bits per heavy atom. The number of methoxy groups -OCH3 is 2. The normalized spacial score (nSPS) is 22.6. The van der Waals surface area contributed by atoms with E-state index in [-0.39, 0.29) is 47.7 Å². The Kier molecular flexibility index (Phi) is 12.1. The predicted molar refractivity (Wildman–Crippen MR) is 241 cm³/mol. The molecule has 3 aromatic carbocycles. The van der Waals surface area contributed by atoms with Crippen LogP contribution in [0.15, 0.2) is 53.7 Å². The van der Waals surface area contributed by atoms with Gasteiger partial charge in [0.15, 0.2) is 0 Å². The van der Waals surface area contributed by atoms with Crippen LogP contribution in [0.4, 0.5) is 15.3 Å². The van der Waals surface area contributed by atoms with E-state index in [0.717, 1.165) is 92.9 Å². The Hall–Kier alpha value is -5.96. The van der Waals surface area contributed by atoms with E-state index >= 15 is 0 Å². The number of imidazole rings is 1. The molecule has 4 aromatic rings. The molecule has 1 aromatic heterocycles. The summed E-state index contributed by atoms with van der Waals surface area (Å²) < 4.78 is 21.9. The van der Waals surface area contributed by atoms with E-state index in [1.54, 1.807) is 0 Å². The second kappa shape index (κ2) is 17.9. The number of aromatic nitrogens is 2. The van der Waals surface area contributed by atoms with Gasteiger partial charge >= 0.3 is 12.2 Å². The van der Waals surface area contributed by atoms with Gasteiger partial charge in [0.2, 0.25) is 11.8 Å². The summed E-state index contributed by atoms with van der Waals surface area (Å²) in [5.41, 5.74) is 8.02. The summed E-state index contributed by atoms with van der Waals surface area (Å²) in [6, 6.07) is 13.1. The fraction of sp³-hybridized carbons (Fsp3) is 0.510. The highest BCUT2D eigenvalue weighted by Gasteiger charge is 2.44. The Balaban J connectivity index is 0.936. The second-order valence-electron chi connectivity index (χ2n) is 18.4. The minimum atomic E-state index is -0.715. The van der Waals surface area contributed by atoms with Gasteiger partial charge in [0.05, 0.1) is 43.9 Å². The number of aliphatic imine (C=N–C) groups is 1. The molecule has 3 saturated heterocycles. The van der Waals surface area contributed by atoms with Crippen molar-refractivity contribution in [2.45, 2.75) is 109 Å². The van der Waals surface area contributed by atoms with Crippen LogP contribution in [0.5, 0.6) is 5.75 Å². The van der Waals surface area contributed by atoms with Gasteiger partial charge in [-0.2, -0.15) is 0 Å². The number of aromatic amines is 1. The van der Waals surface area contributed by atoms with Crippen LogP contribution >= 0.6 is 0 Å². The molecule has 338 valence electrons. The van der Waals surface area contributed by atoms with E-state index in [2.05, 4.69) is 71.9 Å². The van der Waals surface area contributed by atoms with Crippen LogP contribution in [-0.2, 0) is 36.8 Å². The van der Waals surface area contributed by atoms with Crippen molar-refractivity contribution in [3.63, 3.8) is 0 Å². The number of hydrogen-bond acceptors (Lipinski definition) is 10. The Labute approximate surface area is 373 Å². The van der Waals surface area contributed by atoms with Gasteiger partial charge in [0, 0.05) is 43.5 Å². The molecule has 0 unspecified atom stereocenters. The van der Waals surface area contributed by atoms with Crippen molar-refractivity contribution in [2.75, 3.05) is 34.0 Å². The van der Waals surface area contributed by atoms with Crippen LogP contribution in [0.2, 0.25) is 0 Å².